The van der Waals surface area contributed by atoms with Crippen molar-refractivity contribution in [1.29, 1.82) is 0 Å². The predicted octanol–water partition coefficient (Wildman–Crippen LogP) is 2.85. The Bertz CT molecular complexity index is 122. The van der Waals surface area contributed by atoms with Gasteiger partial charge >= 0.3 is 0 Å². The van der Waals surface area contributed by atoms with Crippen LogP contribution in [-0.2, 0) is 4.74 Å². The van der Waals surface area contributed by atoms with Crippen molar-refractivity contribution in [1.82, 2.24) is 0 Å². The van der Waals surface area contributed by atoms with E-state index in [4.69, 9.17) is 4.74 Å². The molecule has 1 saturated carbocycles. The summed E-state index contributed by atoms with van der Waals surface area (Å²) in [5, 5.41) is 0. The van der Waals surface area contributed by atoms with E-state index in [0.717, 1.165) is 12.5 Å². The van der Waals surface area contributed by atoms with Crippen molar-refractivity contribution < 1.29 is 4.74 Å². The van der Waals surface area contributed by atoms with E-state index < -0.39 is 0 Å². The van der Waals surface area contributed by atoms with Gasteiger partial charge in [0.2, 0.25) is 0 Å². The topological polar surface area (TPSA) is 9.23 Å². The summed E-state index contributed by atoms with van der Waals surface area (Å²) in [6, 6.07) is 0. The third kappa shape index (κ3) is 2.19. The summed E-state index contributed by atoms with van der Waals surface area (Å²) in [5.74, 6) is 0.838. The summed E-state index contributed by atoms with van der Waals surface area (Å²) < 4.78 is 5.16. The molecule has 1 heteroatoms. The zero-order chi connectivity index (χ0) is 8.32. The number of methoxy groups -OCH3 is 1. The summed E-state index contributed by atoms with van der Waals surface area (Å²) in [7, 11) is 1.81. The lowest BCUT2D eigenvalue weighted by Gasteiger charge is -2.21. The van der Waals surface area contributed by atoms with Crippen molar-refractivity contribution in [2.24, 2.45) is 11.3 Å². The molecule has 0 aromatic heterocycles. The molecule has 1 fully saturated rings. The highest BCUT2D eigenvalue weighted by Gasteiger charge is 2.32. The Morgan fingerprint density at radius 3 is 2.73 bits per heavy atom. The van der Waals surface area contributed by atoms with Crippen LogP contribution >= 0.6 is 0 Å². The molecule has 0 heterocycles. The van der Waals surface area contributed by atoms with Crippen LogP contribution in [0.15, 0.2) is 0 Å². The number of ether oxygens (including phenoxy) is 1. The monoisotopic (exact) mass is 156 g/mol. The van der Waals surface area contributed by atoms with Gasteiger partial charge in [0, 0.05) is 13.7 Å². The molecule has 0 amide bonds. The number of hydrogen-bond acceptors (Lipinski definition) is 1. The standard InChI is InChI=1S/C10H20O/c1-4-10(2)6-5-9(7-10)8-11-3/h9H,4-8H2,1-3H3. The van der Waals surface area contributed by atoms with E-state index in [-0.39, 0.29) is 0 Å². The van der Waals surface area contributed by atoms with Crippen LogP contribution in [0.2, 0.25) is 0 Å². The van der Waals surface area contributed by atoms with E-state index in [9.17, 15) is 0 Å². The van der Waals surface area contributed by atoms with Crippen LogP contribution in [0.5, 0.6) is 0 Å². The lowest BCUT2D eigenvalue weighted by atomic mass is 9.85. The quantitative estimate of drug-likeness (QED) is 0.610. The molecular formula is C10H20O. The Kier molecular flexibility index (Phi) is 2.94. The van der Waals surface area contributed by atoms with Crippen molar-refractivity contribution in [3.8, 4) is 0 Å². The lowest BCUT2D eigenvalue weighted by Crippen LogP contribution is -2.11. The van der Waals surface area contributed by atoms with Crippen molar-refractivity contribution in [3.63, 3.8) is 0 Å². The maximum Gasteiger partial charge on any atom is 0.0490 e. The Morgan fingerprint density at radius 1 is 1.55 bits per heavy atom. The van der Waals surface area contributed by atoms with Crippen molar-refractivity contribution in [2.75, 3.05) is 13.7 Å². The van der Waals surface area contributed by atoms with Crippen molar-refractivity contribution in [3.05, 3.63) is 0 Å². The molecule has 0 N–H and O–H groups in total. The summed E-state index contributed by atoms with van der Waals surface area (Å²) in [6.07, 6.45) is 5.47. The van der Waals surface area contributed by atoms with Crippen LogP contribution in [0.25, 0.3) is 0 Å². The Morgan fingerprint density at radius 2 is 2.27 bits per heavy atom. The minimum absolute atomic E-state index is 0.628. The van der Waals surface area contributed by atoms with E-state index in [2.05, 4.69) is 13.8 Å². The van der Waals surface area contributed by atoms with E-state index in [1.807, 2.05) is 7.11 Å². The van der Waals surface area contributed by atoms with E-state index in [1.54, 1.807) is 0 Å². The van der Waals surface area contributed by atoms with Crippen LogP contribution in [0.3, 0.4) is 0 Å². The van der Waals surface area contributed by atoms with Gasteiger partial charge in [-0.15, -0.1) is 0 Å². The van der Waals surface area contributed by atoms with Gasteiger partial charge in [-0.05, 0) is 30.6 Å². The third-order valence-corrected chi connectivity index (χ3v) is 3.19. The highest BCUT2D eigenvalue weighted by molar-refractivity contribution is 4.84. The molecule has 1 aliphatic rings. The maximum absolute atomic E-state index is 5.16. The smallest absolute Gasteiger partial charge is 0.0490 e. The summed E-state index contributed by atoms with van der Waals surface area (Å²) in [5.41, 5.74) is 0.628. The average molecular weight is 156 g/mol. The van der Waals surface area contributed by atoms with Gasteiger partial charge < -0.3 is 4.74 Å². The largest absolute Gasteiger partial charge is 0.384 e. The van der Waals surface area contributed by atoms with Crippen LogP contribution in [0.1, 0.15) is 39.5 Å². The van der Waals surface area contributed by atoms with E-state index in [0.29, 0.717) is 5.41 Å². The molecule has 1 rings (SSSR count). The fraction of sp³-hybridized carbons (Fsp3) is 1.00. The zero-order valence-electron chi connectivity index (χ0n) is 8.02. The minimum atomic E-state index is 0.628. The summed E-state index contributed by atoms with van der Waals surface area (Å²) >= 11 is 0. The summed E-state index contributed by atoms with van der Waals surface area (Å²) in [4.78, 5) is 0. The molecule has 0 saturated heterocycles. The lowest BCUT2D eigenvalue weighted by molar-refractivity contribution is 0.147. The molecule has 0 bridgehead atoms. The van der Waals surface area contributed by atoms with Gasteiger partial charge in [0.15, 0.2) is 0 Å². The first-order valence-corrected chi connectivity index (χ1v) is 4.69. The molecule has 2 unspecified atom stereocenters. The fourth-order valence-corrected chi connectivity index (χ4v) is 2.15. The molecule has 2 atom stereocenters. The van der Waals surface area contributed by atoms with Crippen LogP contribution in [0, 0.1) is 11.3 Å². The van der Waals surface area contributed by atoms with Gasteiger partial charge in [0.05, 0.1) is 0 Å². The Labute approximate surface area is 70.1 Å². The molecule has 1 nitrogen and oxygen atoms in total. The molecule has 0 radical (unpaired) electrons. The molecule has 1 aliphatic carbocycles. The molecule has 0 spiro atoms. The Hall–Kier alpha value is -0.0400. The third-order valence-electron chi connectivity index (χ3n) is 3.19. The number of hydrogen-bond donors (Lipinski definition) is 0. The molecule has 11 heavy (non-hydrogen) atoms. The molecule has 0 aromatic carbocycles. The predicted molar refractivity (Wildman–Crippen MR) is 47.6 cm³/mol. The van der Waals surface area contributed by atoms with Crippen molar-refractivity contribution >= 4 is 0 Å². The van der Waals surface area contributed by atoms with Crippen LogP contribution < -0.4 is 0 Å². The Balaban J connectivity index is 2.33. The van der Waals surface area contributed by atoms with Gasteiger partial charge in [-0.2, -0.15) is 0 Å². The van der Waals surface area contributed by atoms with Crippen molar-refractivity contribution in [2.45, 2.75) is 39.5 Å². The zero-order valence-corrected chi connectivity index (χ0v) is 8.02. The highest BCUT2D eigenvalue weighted by Crippen LogP contribution is 2.43. The van der Waals surface area contributed by atoms with Gasteiger partial charge in [-0.3, -0.25) is 0 Å². The fourth-order valence-electron chi connectivity index (χ4n) is 2.15. The van der Waals surface area contributed by atoms with E-state index in [1.165, 1.54) is 25.7 Å². The van der Waals surface area contributed by atoms with Gasteiger partial charge in [0.1, 0.15) is 0 Å². The molecule has 0 aromatic rings. The van der Waals surface area contributed by atoms with Gasteiger partial charge in [0.25, 0.3) is 0 Å². The molecule has 0 aliphatic heterocycles. The molecular weight excluding hydrogens is 136 g/mol. The SMILES string of the molecule is CCC1(C)CCC(COC)C1. The second-order valence-corrected chi connectivity index (χ2v) is 4.23. The molecule has 66 valence electrons. The first-order chi connectivity index (χ1) is 5.20. The minimum Gasteiger partial charge on any atom is -0.384 e. The highest BCUT2D eigenvalue weighted by atomic mass is 16.5. The van der Waals surface area contributed by atoms with Gasteiger partial charge in [-0.25, -0.2) is 0 Å². The van der Waals surface area contributed by atoms with Gasteiger partial charge in [-0.1, -0.05) is 20.3 Å². The van der Waals surface area contributed by atoms with Crippen LogP contribution in [-0.4, -0.2) is 13.7 Å². The number of rotatable bonds is 3. The first-order valence-electron chi connectivity index (χ1n) is 4.69. The van der Waals surface area contributed by atoms with E-state index >= 15 is 0 Å². The average Bonchev–Trinajstić information content (AvgIpc) is 2.35. The maximum atomic E-state index is 5.16. The second kappa shape index (κ2) is 3.57. The van der Waals surface area contributed by atoms with Crippen LogP contribution in [0.4, 0.5) is 0 Å². The normalized spacial score (nSPS) is 37.9. The second-order valence-electron chi connectivity index (χ2n) is 4.23. The first kappa shape index (κ1) is 9.05. The summed E-state index contributed by atoms with van der Waals surface area (Å²) in [6.45, 7) is 5.67.